The standard InChI is InChI=1S/C21H30N6O/c1-15-4-5-18(14-16(15)2)22-21(28)26-10-6-17(7-11-26)20-24-23-19-8-9-25(3)12-13-27(19)20/h4-5,14,17H,6-13H2,1-3H3,(H,22,28). The molecule has 7 heteroatoms. The van der Waals surface area contributed by atoms with Crippen molar-refractivity contribution in [1.29, 1.82) is 0 Å². The van der Waals surface area contributed by atoms with E-state index in [2.05, 4.69) is 45.9 Å². The van der Waals surface area contributed by atoms with Crippen molar-refractivity contribution in [3.05, 3.63) is 41.0 Å². The third-order valence-electron chi connectivity index (χ3n) is 6.18. The van der Waals surface area contributed by atoms with Gasteiger partial charge in [-0.2, -0.15) is 0 Å². The monoisotopic (exact) mass is 382 g/mol. The second-order valence-electron chi connectivity index (χ2n) is 8.17. The number of likely N-dealkylation sites (tertiary alicyclic amines) is 1. The van der Waals surface area contributed by atoms with Crippen molar-refractivity contribution in [1.82, 2.24) is 24.6 Å². The Morgan fingerprint density at radius 1 is 1.04 bits per heavy atom. The first kappa shape index (κ1) is 18.9. The topological polar surface area (TPSA) is 66.3 Å². The summed E-state index contributed by atoms with van der Waals surface area (Å²) in [7, 11) is 2.16. The van der Waals surface area contributed by atoms with Gasteiger partial charge in [0.15, 0.2) is 0 Å². The summed E-state index contributed by atoms with van der Waals surface area (Å²) >= 11 is 0. The first-order valence-corrected chi connectivity index (χ1v) is 10.2. The molecule has 0 radical (unpaired) electrons. The van der Waals surface area contributed by atoms with Crippen molar-refractivity contribution in [2.24, 2.45) is 0 Å². The summed E-state index contributed by atoms with van der Waals surface area (Å²) in [6, 6.07) is 6.03. The maximum absolute atomic E-state index is 12.6. The van der Waals surface area contributed by atoms with Crippen molar-refractivity contribution in [3.8, 4) is 0 Å². The van der Waals surface area contributed by atoms with Gasteiger partial charge in [-0.3, -0.25) is 0 Å². The zero-order chi connectivity index (χ0) is 19.7. The number of carbonyl (C=O) groups is 1. The van der Waals surface area contributed by atoms with Gasteiger partial charge in [0.05, 0.1) is 0 Å². The van der Waals surface area contributed by atoms with E-state index in [1.807, 2.05) is 23.1 Å². The summed E-state index contributed by atoms with van der Waals surface area (Å²) in [5.41, 5.74) is 3.29. The van der Waals surface area contributed by atoms with Gasteiger partial charge < -0.3 is 19.7 Å². The fraction of sp³-hybridized carbons (Fsp3) is 0.571. The van der Waals surface area contributed by atoms with Crippen LogP contribution in [0.4, 0.5) is 10.5 Å². The molecular formula is C21H30N6O. The van der Waals surface area contributed by atoms with Gasteiger partial charge in [0, 0.05) is 50.7 Å². The number of nitrogens with one attached hydrogen (secondary N) is 1. The molecular weight excluding hydrogens is 352 g/mol. The predicted molar refractivity (Wildman–Crippen MR) is 110 cm³/mol. The number of urea groups is 1. The smallest absolute Gasteiger partial charge is 0.321 e. The summed E-state index contributed by atoms with van der Waals surface area (Å²) in [6.07, 6.45) is 2.84. The van der Waals surface area contributed by atoms with Crippen LogP contribution in [0.5, 0.6) is 0 Å². The average Bonchev–Trinajstić information content (AvgIpc) is 3.01. The molecule has 0 bridgehead atoms. The normalized spacial score (nSPS) is 18.6. The van der Waals surface area contributed by atoms with Gasteiger partial charge in [-0.25, -0.2) is 4.79 Å². The Morgan fingerprint density at radius 2 is 1.82 bits per heavy atom. The third kappa shape index (κ3) is 3.90. The largest absolute Gasteiger partial charge is 0.324 e. The number of aryl methyl sites for hydroxylation is 2. The number of carbonyl (C=O) groups excluding carboxylic acids is 1. The van der Waals surface area contributed by atoms with Crippen LogP contribution >= 0.6 is 0 Å². The maximum Gasteiger partial charge on any atom is 0.321 e. The van der Waals surface area contributed by atoms with Crippen molar-refractivity contribution < 1.29 is 4.79 Å². The van der Waals surface area contributed by atoms with Crippen LogP contribution in [-0.4, -0.2) is 63.8 Å². The number of amides is 2. The molecule has 2 amide bonds. The predicted octanol–water partition coefficient (Wildman–Crippen LogP) is 2.79. The lowest BCUT2D eigenvalue weighted by molar-refractivity contribution is 0.192. The summed E-state index contributed by atoms with van der Waals surface area (Å²) < 4.78 is 2.32. The van der Waals surface area contributed by atoms with Gasteiger partial charge in [0.2, 0.25) is 0 Å². The molecule has 2 aliphatic heterocycles. The number of nitrogens with zero attached hydrogens (tertiary/aromatic N) is 5. The lowest BCUT2D eigenvalue weighted by atomic mass is 9.96. The summed E-state index contributed by atoms with van der Waals surface area (Å²) in [5, 5.41) is 12.0. The van der Waals surface area contributed by atoms with E-state index < -0.39 is 0 Å². The zero-order valence-corrected chi connectivity index (χ0v) is 17.1. The quantitative estimate of drug-likeness (QED) is 0.867. The molecule has 0 atom stereocenters. The Labute approximate surface area is 166 Å². The molecule has 1 saturated heterocycles. The molecule has 2 aliphatic rings. The molecule has 2 aromatic rings. The lowest BCUT2D eigenvalue weighted by Crippen LogP contribution is -2.41. The molecule has 1 aromatic heterocycles. The van der Waals surface area contributed by atoms with Crippen molar-refractivity contribution in [2.75, 3.05) is 38.5 Å². The number of hydrogen-bond donors (Lipinski definition) is 1. The molecule has 1 N–H and O–H groups in total. The van der Waals surface area contributed by atoms with E-state index in [-0.39, 0.29) is 6.03 Å². The molecule has 1 fully saturated rings. The van der Waals surface area contributed by atoms with Gasteiger partial charge >= 0.3 is 6.03 Å². The van der Waals surface area contributed by atoms with E-state index in [4.69, 9.17) is 0 Å². The summed E-state index contributed by atoms with van der Waals surface area (Å²) in [4.78, 5) is 16.9. The molecule has 0 aliphatic carbocycles. The Hall–Kier alpha value is -2.41. The molecule has 4 rings (SSSR count). The molecule has 0 spiro atoms. The molecule has 28 heavy (non-hydrogen) atoms. The van der Waals surface area contributed by atoms with Crippen LogP contribution in [-0.2, 0) is 13.0 Å². The van der Waals surface area contributed by atoms with E-state index in [0.29, 0.717) is 5.92 Å². The van der Waals surface area contributed by atoms with E-state index in [0.717, 1.165) is 69.3 Å². The van der Waals surface area contributed by atoms with Crippen molar-refractivity contribution in [2.45, 2.75) is 45.6 Å². The van der Waals surface area contributed by atoms with Crippen LogP contribution in [0.15, 0.2) is 18.2 Å². The van der Waals surface area contributed by atoms with Crippen LogP contribution in [0.3, 0.4) is 0 Å². The van der Waals surface area contributed by atoms with Gasteiger partial charge in [-0.15, -0.1) is 10.2 Å². The van der Waals surface area contributed by atoms with Crippen molar-refractivity contribution in [3.63, 3.8) is 0 Å². The average molecular weight is 383 g/mol. The summed E-state index contributed by atoms with van der Waals surface area (Å²) in [6.45, 7) is 8.68. The number of benzene rings is 1. The first-order chi connectivity index (χ1) is 13.5. The van der Waals surface area contributed by atoms with Gasteiger partial charge in [0.25, 0.3) is 0 Å². The van der Waals surface area contributed by atoms with Gasteiger partial charge in [-0.05, 0) is 57.0 Å². The highest BCUT2D eigenvalue weighted by Gasteiger charge is 2.29. The number of likely N-dealkylation sites (N-methyl/N-ethyl adjacent to an activating group) is 1. The second-order valence-corrected chi connectivity index (χ2v) is 8.17. The fourth-order valence-electron chi connectivity index (χ4n) is 4.12. The molecule has 7 nitrogen and oxygen atoms in total. The maximum atomic E-state index is 12.6. The Kier molecular flexibility index (Phi) is 5.35. The third-order valence-corrected chi connectivity index (χ3v) is 6.18. The minimum atomic E-state index is -0.0107. The van der Waals surface area contributed by atoms with E-state index >= 15 is 0 Å². The summed E-state index contributed by atoms with van der Waals surface area (Å²) in [5.74, 6) is 2.60. The minimum absolute atomic E-state index is 0.0107. The first-order valence-electron chi connectivity index (χ1n) is 10.2. The van der Waals surface area contributed by atoms with E-state index in [1.165, 1.54) is 11.1 Å². The van der Waals surface area contributed by atoms with Crippen LogP contribution in [0.2, 0.25) is 0 Å². The number of hydrogen-bond acceptors (Lipinski definition) is 4. The van der Waals surface area contributed by atoms with E-state index in [9.17, 15) is 4.79 Å². The van der Waals surface area contributed by atoms with Crippen molar-refractivity contribution >= 4 is 11.7 Å². The highest BCUT2D eigenvalue weighted by molar-refractivity contribution is 5.89. The molecule has 150 valence electrons. The SMILES string of the molecule is Cc1ccc(NC(=O)N2CCC(c3nnc4n3CCN(C)CC4)CC2)cc1C. The Bertz CT molecular complexity index is 853. The molecule has 1 aromatic carbocycles. The van der Waals surface area contributed by atoms with Crippen LogP contribution in [0.1, 0.15) is 41.5 Å². The molecule has 3 heterocycles. The van der Waals surface area contributed by atoms with Crippen LogP contribution < -0.4 is 5.32 Å². The van der Waals surface area contributed by atoms with Gasteiger partial charge in [0.1, 0.15) is 11.6 Å². The number of piperidine rings is 1. The van der Waals surface area contributed by atoms with Crippen LogP contribution in [0.25, 0.3) is 0 Å². The minimum Gasteiger partial charge on any atom is -0.324 e. The number of aromatic nitrogens is 3. The Balaban J connectivity index is 1.36. The highest BCUT2D eigenvalue weighted by atomic mass is 16.2. The highest BCUT2D eigenvalue weighted by Crippen LogP contribution is 2.28. The van der Waals surface area contributed by atoms with Gasteiger partial charge in [-0.1, -0.05) is 6.07 Å². The van der Waals surface area contributed by atoms with E-state index in [1.54, 1.807) is 0 Å². The lowest BCUT2D eigenvalue weighted by Gasteiger charge is -2.31. The zero-order valence-electron chi connectivity index (χ0n) is 17.1. The number of rotatable bonds is 2. The number of anilines is 1. The fourth-order valence-corrected chi connectivity index (χ4v) is 4.12. The molecule has 0 saturated carbocycles. The second kappa shape index (κ2) is 7.91. The number of fused-ring (bicyclic) bond motifs is 1. The van der Waals surface area contributed by atoms with Crippen LogP contribution in [0, 0.1) is 13.8 Å². The molecule has 0 unspecified atom stereocenters. The Morgan fingerprint density at radius 3 is 2.57 bits per heavy atom.